The summed E-state index contributed by atoms with van der Waals surface area (Å²) in [4.78, 5) is 35.4. The molecule has 24 heavy (non-hydrogen) atoms. The summed E-state index contributed by atoms with van der Waals surface area (Å²) in [6, 6.07) is 9.18. The number of hydrogen-bond acceptors (Lipinski definition) is 3. The molecule has 1 aliphatic rings. The van der Waals surface area contributed by atoms with E-state index in [-0.39, 0.29) is 11.8 Å². The Morgan fingerprint density at radius 1 is 1.25 bits per heavy atom. The molecule has 1 aromatic heterocycles. The summed E-state index contributed by atoms with van der Waals surface area (Å²) in [7, 11) is 3.28. The summed E-state index contributed by atoms with van der Waals surface area (Å²) >= 11 is 3.33. The minimum absolute atomic E-state index is 0.112. The number of hydrogen-bond donors (Lipinski definition) is 1. The number of halogens is 1. The minimum Gasteiger partial charge on any atom is -0.339 e. The molecule has 2 aromatic rings. The van der Waals surface area contributed by atoms with E-state index in [0.29, 0.717) is 22.4 Å². The highest BCUT2D eigenvalue weighted by Gasteiger charge is 2.39. The zero-order chi connectivity index (χ0) is 17.3. The Hall–Kier alpha value is -2.41. The third-order valence-corrected chi connectivity index (χ3v) is 4.78. The smallest absolute Gasteiger partial charge is 0.271 e. The van der Waals surface area contributed by atoms with Gasteiger partial charge in [0, 0.05) is 20.5 Å². The molecule has 1 aliphatic heterocycles. The molecule has 1 atom stereocenters. The first-order valence-corrected chi connectivity index (χ1v) is 8.27. The van der Waals surface area contributed by atoms with Crippen molar-refractivity contribution in [3.63, 3.8) is 0 Å². The van der Waals surface area contributed by atoms with E-state index in [0.717, 1.165) is 5.56 Å². The number of amides is 2. The summed E-state index contributed by atoms with van der Waals surface area (Å²) in [6.45, 7) is 0. The summed E-state index contributed by atoms with van der Waals surface area (Å²) in [5.74, 6) is -0.313. The van der Waals surface area contributed by atoms with Crippen molar-refractivity contribution in [1.82, 2.24) is 19.8 Å². The molecular formula is C17H17BrN4O2. The van der Waals surface area contributed by atoms with Gasteiger partial charge in [0.05, 0.1) is 12.0 Å². The molecule has 0 radical (unpaired) electrons. The summed E-state index contributed by atoms with van der Waals surface area (Å²) in [5, 5.41) is 0. The fraction of sp³-hybridized carbons (Fsp3) is 0.235. The number of carbonyl (C=O) groups is 2. The molecule has 1 saturated heterocycles. The van der Waals surface area contributed by atoms with Crippen molar-refractivity contribution in [3.8, 4) is 0 Å². The van der Waals surface area contributed by atoms with Gasteiger partial charge in [0.2, 0.25) is 5.91 Å². The van der Waals surface area contributed by atoms with Gasteiger partial charge in [-0.1, -0.05) is 30.3 Å². The van der Waals surface area contributed by atoms with E-state index in [1.165, 1.54) is 16.1 Å². The van der Waals surface area contributed by atoms with E-state index >= 15 is 0 Å². The van der Waals surface area contributed by atoms with Crippen LogP contribution in [0.5, 0.6) is 0 Å². The van der Waals surface area contributed by atoms with E-state index < -0.39 is 6.04 Å². The lowest BCUT2D eigenvalue weighted by molar-refractivity contribution is -0.148. The van der Waals surface area contributed by atoms with Gasteiger partial charge in [0.15, 0.2) is 0 Å². The SMILES string of the molecule is CN1C(=O)C(Cc2ccccc2)N(C)C(=O)C1=Cc1nc[nH]c1Br. The monoisotopic (exact) mass is 388 g/mol. The molecule has 0 saturated carbocycles. The Bertz CT molecular complexity index is 800. The Morgan fingerprint density at radius 3 is 2.58 bits per heavy atom. The zero-order valence-corrected chi connectivity index (χ0v) is 14.9. The van der Waals surface area contributed by atoms with Gasteiger partial charge in [0.1, 0.15) is 16.3 Å². The fourth-order valence-corrected chi connectivity index (χ4v) is 3.03. The number of H-pyrrole nitrogens is 1. The van der Waals surface area contributed by atoms with Gasteiger partial charge in [0.25, 0.3) is 5.91 Å². The lowest BCUT2D eigenvalue weighted by Gasteiger charge is -2.38. The van der Waals surface area contributed by atoms with Gasteiger partial charge in [-0.25, -0.2) is 4.98 Å². The maximum Gasteiger partial charge on any atom is 0.271 e. The van der Waals surface area contributed by atoms with Crippen LogP contribution >= 0.6 is 15.9 Å². The molecule has 1 aromatic carbocycles. The Balaban J connectivity index is 1.89. The molecule has 1 fully saturated rings. The summed E-state index contributed by atoms with van der Waals surface area (Å²) in [5.41, 5.74) is 1.90. The Labute approximate surface area is 148 Å². The first-order valence-electron chi connectivity index (χ1n) is 7.48. The second-order valence-electron chi connectivity index (χ2n) is 5.65. The van der Waals surface area contributed by atoms with Crippen LogP contribution < -0.4 is 0 Å². The van der Waals surface area contributed by atoms with Crippen LogP contribution in [0.1, 0.15) is 11.3 Å². The van der Waals surface area contributed by atoms with Crippen LogP contribution in [0.15, 0.2) is 47.0 Å². The first kappa shape index (κ1) is 16.4. The molecule has 0 bridgehead atoms. The van der Waals surface area contributed by atoms with E-state index in [4.69, 9.17) is 0 Å². The summed E-state index contributed by atoms with van der Waals surface area (Å²) in [6.07, 6.45) is 3.62. The van der Waals surface area contributed by atoms with Crippen LogP contribution in [-0.2, 0) is 16.0 Å². The molecule has 6 nitrogen and oxygen atoms in total. The predicted octanol–water partition coefficient (Wildman–Crippen LogP) is 2.05. The highest BCUT2D eigenvalue weighted by Crippen LogP contribution is 2.24. The quantitative estimate of drug-likeness (QED) is 0.818. The van der Waals surface area contributed by atoms with Crippen molar-refractivity contribution in [2.24, 2.45) is 0 Å². The van der Waals surface area contributed by atoms with Crippen molar-refractivity contribution < 1.29 is 9.59 Å². The molecule has 1 unspecified atom stereocenters. The van der Waals surface area contributed by atoms with E-state index in [1.54, 1.807) is 20.2 Å². The normalized spacial score (nSPS) is 20.1. The number of benzene rings is 1. The number of aromatic amines is 1. The number of piperazine rings is 1. The number of carbonyl (C=O) groups excluding carboxylic acids is 2. The predicted molar refractivity (Wildman–Crippen MR) is 93.7 cm³/mol. The van der Waals surface area contributed by atoms with E-state index in [1.807, 2.05) is 30.3 Å². The minimum atomic E-state index is -0.510. The average Bonchev–Trinajstić information content (AvgIpc) is 2.99. The van der Waals surface area contributed by atoms with Gasteiger partial charge in [-0.05, 0) is 27.6 Å². The largest absolute Gasteiger partial charge is 0.339 e. The van der Waals surface area contributed by atoms with Crippen molar-refractivity contribution in [3.05, 3.63) is 58.2 Å². The third kappa shape index (κ3) is 2.99. The van der Waals surface area contributed by atoms with Gasteiger partial charge >= 0.3 is 0 Å². The van der Waals surface area contributed by atoms with E-state index in [2.05, 4.69) is 25.9 Å². The topological polar surface area (TPSA) is 69.3 Å². The second-order valence-corrected chi connectivity index (χ2v) is 6.44. The maximum atomic E-state index is 12.8. The van der Waals surface area contributed by atoms with Gasteiger partial charge in [-0.3, -0.25) is 9.59 Å². The van der Waals surface area contributed by atoms with Crippen molar-refractivity contribution in [1.29, 1.82) is 0 Å². The summed E-state index contributed by atoms with van der Waals surface area (Å²) < 4.78 is 0.665. The molecule has 2 amide bonds. The average molecular weight is 389 g/mol. The molecule has 1 N–H and O–H groups in total. The molecule has 0 aliphatic carbocycles. The standard InChI is InChI=1S/C17H17BrN4O2/c1-21-13(8-11-6-4-3-5-7-11)16(23)22(2)14(17(21)24)9-12-15(18)20-10-19-12/h3-7,9-10,13H,8H2,1-2H3,(H,19,20). The molecular weight excluding hydrogens is 372 g/mol. The lowest BCUT2D eigenvalue weighted by atomic mass is 10.0. The molecule has 2 heterocycles. The number of rotatable bonds is 3. The molecule has 7 heteroatoms. The van der Waals surface area contributed by atoms with Crippen LogP contribution in [0.4, 0.5) is 0 Å². The van der Waals surface area contributed by atoms with Gasteiger partial charge in [-0.2, -0.15) is 0 Å². The third-order valence-electron chi connectivity index (χ3n) is 4.15. The number of nitrogens with zero attached hydrogens (tertiary/aromatic N) is 3. The van der Waals surface area contributed by atoms with Crippen molar-refractivity contribution in [2.75, 3.05) is 14.1 Å². The first-order chi connectivity index (χ1) is 11.5. The van der Waals surface area contributed by atoms with Crippen LogP contribution in [0.25, 0.3) is 6.08 Å². The molecule has 0 spiro atoms. The number of nitrogens with one attached hydrogen (secondary N) is 1. The second kappa shape index (κ2) is 6.60. The van der Waals surface area contributed by atoms with Gasteiger partial charge in [-0.15, -0.1) is 0 Å². The highest BCUT2D eigenvalue weighted by atomic mass is 79.9. The number of aromatic nitrogens is 2. The Kier molecular flexibility index (Phi) is 4.53. The number of likely N-dealkylation sites (N-methyl/N-ethyl adjacent to an activating group) is 2. The molecule has 3 rings (SSSR count). The Morgan fingerprint density at radius 2 is 1.96 bits per heavy atom. The van der Waals surface area contributed by atoms with Crippen LogP contribution in [0.2, 0.25) is 0 Å². The molecule has 124 valence electrons. The van der Waals surface area contributed by atoms with Crippen LogP contribution in [0, 0.1) is 0 Å². The van der Waals surface area contributed by atoms with Crippen LogP contribution in [-0.4, -0.2) is 51.7 Å². The number of imidazole rings is 1. The fourth-order valence-electron chi connectivity index (χ4n) is 2.71. The van der Waals surface area contributed by atoms with Crippen LogP contribution in [0.3, 0.4) is 0 Å². The van der Waals surface area contributed by atoms with Gasteiger partial charge < -0.3 is 14.8 Å². The van der Waals surface area contributed by atoms with E-state index in [9.17, 15) is 9.59 Å². The lowest BCUT2D eigenvalue weighted by Crippen LogP contribution is -2.56. The maximum absolute atomic E-state index is 12.8. The zero-order valence-electron chi connectivity index (χ0n) is 13.4. The highest BCUT2D eigenvalue weighted by molar-refractivity contribution is 9.10. The van der Waals surface area contributed by atoms with Crippen molar-refractivity contribution in [2.45, 2.75) is 12.5 Å². The van der Waals surface area contributed by atoms with Crippen molar-refractivity contribution >= 4 is 33.8 Å².